The Kier molecular flexibility index (Phi) is 6.13. The molecule has 0 amide bonds. The van der Waals surface area contributed by atoms with Crippen molar-refractivity contribution in [2.75, 3.05) is 13.6 Å². The number of rotatable bonds is 4. The van der Waals surface area contributed by atoms with Crippen molar-refractivity contribution in [3.8, 4) is 0 Å². The van der Waals surface area contributed by atoms with E-state index in [1.165, 1.54) is 41.4 Å². The Bertz CT molecular complexity index is 432. The van der Waals surface area contributed by atoms with E-state index in [2.05, 4.69) is 80.0 Å². The van der Waals surface area contributed by atoms with Crippen LogP contribution in [0.1, 0.15) is 45.6 Å². The van der Waals surface area contributed by atoms with Crippen molar-refractivity contribution in [3.63, 3.8) is 0 Å². The lowest BCUT2D eigenvalue weighted by molar-refractivity contribution is 0.0980. The van der Waals surface area contributed by atoms with Crippen molar-refractivity contribution in [2.45, 2.75) is 46.5 Å². The molecule has 0 heterocycles. The zero-order valence-electron chi connectivity index (χ0n) is 14.0. The number of halogens is 1. The molecule has 1 fully saturated rings. The van der Waals surface area contributed by atoms with Gasteiger partial charge < -0.3 is 5.32 Å². The summed E-state index contributed by atoms with van der Waals surface area (Å²) >= 11 is 2.39. The molecule has 2 rings (SSSR count). The van der Waals surface area contributed by atoms with Gasteiger partial charge in [-0.15, -0.1) is 0 Å². The zero-order chi connectivity index (χ0) is 15.5. The van der Waals surface area contributed by atoms with Crippen LogP contribution in [0, 0.1) is 26.7 Å². The number of hydrogen-bond acceptors (Lipinski definition) is 1. The first-order valence-electron chi connectivity index (χ1n) is 8.29. The molecule has 3 atom stereocenters. The van der Waals surface area contributed by atoms with Gasteiger partial charge in [-0.3, -0.25) is 0 Å². The van der Waals surface area contributed by atoms with Gasteiger partial charge in [0.2, 0.25) is 0 Å². The topological polar surface area (TPSA) is 12.0 Å². The first-order valence-corrected chi connectivity index (χ1v) is 9.37. The summed E-state index contributed by atoms with van der Waals surface area (Å²) in [5.41, 5.74) is 1.96. The van der Waals surface area contributed by atoms with Crippen LogP contribution in [0.2, 0.25) is 0 Å². The summed E-state index contributed by atoms with van der Waals surface area (Å²) in [5.74, 6) is 2.54. The molecule has 1 aliphatic rings. The molecule has 0 spiro atoms. The highest BCUT2D eigenvalue weighted by Gasteiger charge is 2.35. The Labute approximate surface area is 144 Å². The summed E-state index contributed by atoms with van der Waals surface area (Å²) in [4.78, 5) is 0. The maximum Gasteiger partial charge on any atom is 0.0130 e. The maximum atomic E-state index is 3.41. The molecule has 0 saturated heterocycles. The van der Waals surface area contributed by atoms with Crippen molar-refractivity contribution in [1.29, 1.82) is 0 Å². The number of hydrogen-bond donors (Lipinski definition) is 1. The van der Waals surface area contributed by atoms with E-state index in [0.29, 0.717) is 5.41 Å². The van der Waals surface area contributed by atoms with Crippen molar-refractivity contribution < 1.29 is 0 Å². The first-order chi connectivity index (χ1) is 9.90. The van der Waals surface area contributed by atoms with E-state index < -0.39 is 0 Å². The van der Waals surface area contributed by atoms with Crippen LogP contribution in [0.15, 0.2) is 24.3 Å². The molecule has 0 aromatic heterocycles. The van der Waals surface area contributed by atoms with Crippen LogP contribution in [0.3, 0.4) is 0 Å². The van der Waals surface area contributed by atoms with E-state index in [9.17, 15) is 0 Å². The van der Waals surface area contributed by atoms with Gasteiger partial charge in [0.05, 0.1) is 0 Å². The van der Waals surface area contributed by atoms with Crippen LogP contribution in [0.25, 0.3) is 0 Å². The standard InChI is InChI=1S/C19H30IN/c1-19(2,3)17-8-7-15(13-21-4)16(12-17)11-14-5-9-18(20)10-6-14/h5-6,9-10,15-17,21H,7-8,11-13H2,1-4H3. The SMILES string of the molecule is CNCC1CCC(C(C)(C)C)CC1Cc1ccc(I)cc1. The van der Waals surface area contributed by atoms with Crippen LogP contribution in [-0.2, 0) is 6.42 Å². The smallest absolute Gasteiger partial charge is 0.0130 e. The van der Waals surface area contributed by atoms with Crippen LogP contribution in [-0.4, -0.2) is 13.6 Å². The lowest BCUT2D eigenvalue weighted by Gasteiger charge is -2.42. The summed E-state index contributed by atoms with van der Waals surface area (Å²) in [6, 6.07) is 9.12. The fourth-order valence-corrected chi connectivity index (χ4v) is 4.18. The molecule has 0 aliphatic heterocycles. The Morgan fingerprint density at radius 1 is 1.10 bits per heavy atom. The molecule has 2 heteroatoms. The minimum atomic E-state index is 0.453. The van der Waals surface area contributed by atoms with Gasteiger partial charge >= 0.3 is 0 Å². The quantitative estimate of drug-likeness (QED) is 0.692. The minimum absolute atomic E-state index is 0.453. The van der Waals surface area contributed by atoms with Crippen LogP contribution in [0.5, 0.6) is 0 Å². The van der Waals surface area contributed by atoms with E-state index in [0.717, 1.165) is 17.8 Å². The fourth-order valence-electron chi connectivity index (χ4n) is 3.82. The predicted octanol–water partition coefficient (Wildman–Crippen LogP) is 5.13. The summed E-state index contributed by atoms with van der Waals surface area (Å²) in [5, 5.41) is 3.41. The van der Waals surface area contributed by atoms with Gasteiger partial charge in [-0.1, -0.05) is 32.9 Å². The van der Waals surface area contributed by atoms with Crippen LogP contribution in [0.4, 0.5) is 0 Å². The van der Waals surface area contributed by atoms with Crippen molar-refractivity contribution in [1.82, 2.24) is 5.32 Å². The molecule has 1 aromatic carbocycles. The lowest BCUT2D eigenvalue weighted by Crippen LogP contribution is -2.36. The summed E-state index contributed by atoms with van der Waals surface area (Å²) in [6.45, 7) is 8.42. The van der Waals surface area contributed by atoms with Crippen molar-refractivity contribution in [2.24, 2.45) is 23.2 Å². The van der Waals surface area contributed by atoms with Gasteiger partial charge in [0.1, 0.15) is 0 Å². The van der Waals surface area contributed by atoms with Gasteiger partial charge in [0.25, 0.3) is 0 Å². The van der Waals surface area contributed by atoms with E-state index in [1.54, 1.807) is 0 Å². The molecule has 3 unspecified atom stereocenters. The monoisotopic (exact) mass is 399 g/mol. The average molecular weight is 399 g/mol. The van der Waals surface area contributed by atoms with Crippen LogP contribution < -0.4 is 5.32 Å². The Morgan fingerprint density at radius 3 is 2.33 bits per heavy atom. The molecule has 1 N–H and O–H groups in total. The third-order valence-corrected chi connectivity index (χ3v) is 5.96. The summed E-state index contributed by atoms with van der Waals surface area (Å²) in [7, 11) is 2.10. The van der Waals surface area contributed by atoms with Gasteiger partial charge in [-0.2, -0.15) is 0 Å². The zero-order valence-corrected chi connectivity index (χ0v) is 16.1. The number of nitrogens with one attached hydrogen (secondary N) is 1. The third kappa shape index (κ3) is 4.95. The Morgan fingerprint density at radius 2 is 1.76 bits per heavy atom. The average Bonchev–Trinajstić information content (AvgIpc) is 2.42. The second-order valence-electron chi connectivity index (χ2n) is 7.78. The van der Waals surface area contributed by atoms with E-state index in [-0.39, 0.29) is 0 Å². The Balaban J connectivity index is 2.08. The minimum Gasteiger partial charge on any atom is -0.319 e. The van der Waals surface area contributed by atoms with E-state index in [4.69, 9.17) is 0 Å². The molecule has 118 valence electrons. The van der Waals surface area contributed by atoms with Crippen molar-refractivity contribution >= 4 is 22.6 Å². The molecule has 1 saturated carbocycles. The molecule has 1 nitrogen and oxygen atoms in total. The predicted molar refractivity (Wildman–Crippen MR) is 101 cm³/mol. The lowest BCUT2D eigenvalue weighted by atomic mass is 9.64. The number of benzene rings is 1. The fraction of sp³-hybridized carbons (Fsp3) is 0.684. The van der Waals surface area contributed by atoms with E-state index in [1.807, 2.05) is 0 Å². The van der Waals surface area contributed by atoms with Crippen molar-refractivity contribution in [3.05, 3.63) is 33.4 Å². The largest absolute Gasteiger partial charge is 0.319 e. The molecule has 21 heavy (non-hydrogen) atoms. The molecule has 1 aromatic rings. The highest BCUT2D eigenvalue weighted by atomic mass is 127. The molecule has 0 bridgehead atoms. The maximum absolute atomic E-state index is 3.41. The highest BCUT2D eigenvalue weighted by molar-refractivity contribution is 14.1. The van der Waals surface area contributed by atoms with Gasteiger partial charge in [0, 0.05) is 3.57 Å². The highest BCUT2D eigenvalue weighted by Crippen LogP contribution is 2.43. The second-order valence-corrected chi connectivity index (χ2v) is 9.03. The summed E-state index contributed by atoms with van der Waals surface area (Å²) < 4.78 is 1.33. The third-order valence-electron chi connectivity index (χ3n) is 5.24. The normalized spacial score (nSPS) is 26.8. The summed E-state index contributed by atoms with van der Waals surface area (Å²) in [6.07, 6.45) is 5.43. The van der Waals surface area contributed by atoms with E-state index >= 15 is 0 Å². The second kappa shape index (κ2) is 7.45. The van der Waals surface area contributed by atoms with Crippen LogP contribution >= 0.6 is 22.6 Å². The molecular weight excluding hydrogens is 369 g/mol. The van der Waals surface area contributed by atoms with Gasteiger partial charge in [-0.25, -0.2) is 0 Å². The molecule has 0 radical (unpaired) electrons. The first kappa shape index (κ1) is 17.3. The molecular formula is C19H30IN. The Hall–Kier alpha value is -0.0900. The van der Waals surface area contributed by atoms with Gasteiger partial charge in [0.15, 0.2) is 0 Å². The van der Waals surface area contributed by atoms with Gasteiger partial charge in [-0.05, 0) is 103 Å². The molecule has 1 aliphatic carbocycles.